The second-order valence-electron chi connectivity index (χ2n) is 11.6. The van der Waals surface area contributed by atoms with Crippen LogP contribution in [-0.4, -0.2) is 94.5 Å². The van der Waals surface area contributed by atoms with E-state index in [9.17, 15) is 19.5 Å². The molecule has 2 rings (SSSR count). The first-order chi connectivity index (χ1) is 16.9. The van der Waals surface area contributed by atoms with Crippen molar-refractivity contribution in [3.05, 3.63) is 11.6 Å². The number of carbonyl (C=O) groups is 3. The first kappa shape index (κ1) is 30.3. The molecule has 0 aromatic heterocycles. The molecule has 0 bridgehead atoms. The minimum atomic E-state index is -0.638. The minimum Gasteiger partial charge on any atom is -0.394 e. The third-order valence-electron chi connectivity index (χ3n) is 7.83. The van der Waals surface area contributed by atoms with Gasteiger partial charge in [-0.2, -0.15) is 0 Å². The maximum absolute atomic E-state index is 13.7. The van der Waals surface area contributed by atoms with Gasteiger partial charge in [-0.1, -0.05) is 40.2 Å². The van der Waals surface area contributed by atoms with E-state index in [-0.39, 0.29) is 60.3 Å². The zero-order chi connectivity index (χ0) is 27.2. The van der Waals surface area contributed by atoms with Crippen molar-refractivity contribution in [3.63, 3.8) is 0 Å². The number of carbonyl (C=O) groups excluding carboxylic acids is 3. The van der Waals surface area contributed by atoms with Crippen molar-refractivity contribution in [3.8, 4) is 0 Å². The number of hydrogen-bond acceptors (Lipinski definition) is 5. The molecule has 0 aliphatic carbocycles. The molecule has 2 aliphatic rings. The van der Waals surface area contributed by atoms with Gasteiger partial charge in [-0.05, 0) is 64.8 Å². The molecule has 206 valence electrons. The van der Waals surface area contributed by atoms with Crippen LogP contribution in [0.5, 0.6) is 0 Å². The number of amides is 3. The van der Waals surface area contributed by atoms with Gasteiger partial charge in [-0.3, -0.25) is 19.3 Å². The highest BCUT2D eigenvalue weighted by molar-refractivity contribution is 5.94. The third kappa shape index (κ3) is 7.31. The molecule has 8 nitrogen and oxygen atoms in total. The molecule has 2 N–H and O–H groups in total. The molecule has 2 unspecified atom stereocenters. The number of aliphatic hydroxyl groups excluding tert-OH is 1. The molecule has 4 atom stereocenters. The quantitative estimate of drug-likeness (QED) is 0.445. The maximum Gasteiger partial charge on any atom is 0.249 e. The second kappa shape index (κ2) is 13.6. The lowest BCUT2D eigenvalue weighted by atomic mass is 9.95. The van der Waals surface area contributed by atoms with Gasteiger partial charge in [-0.25, -0.2) is 0 Å². The molecule has 0 spiro atoms. The van der Waals surface area contributed by atoms with Crippen molar-refractivity contribution in [2.24, 2.45) is 11.8 Å². The monoisotopic (exact) mass is 506 g/mol. The predicted octanol–water partition coefficient (Wildman–Crippen LogP) is 2.80. The number of nitrogens with zero attached hydrogens (tertiary/aromatic N) is 3. The largest absolute Gasteiger partial charge is 0.394 e. The van der Waals surface area contributed by atoms with E-state index in [0.29, 0.717) is 12.1 Å². The summed E-state index contributed by atoms with van der Waals surface area (Å²) in [5, 5.41) is 12.7. The molecule has 2 saturated heterocycles. The second-order valence-corrected chi connectivity index (χ2v) is 11.6. The lowest BCUT2D eigenvalue weighted by molar-refractivity contribution is -0.140. The van der Waals surface area contributed by atoms with Crippen molar-refractivity contribution in [2.75, 3.05) is 26.7 Å². The summed E-state index contributed by atoms with van der Waals surface area (Å²) in [4.78, 5) is 45.8. The normalized spacial score (nSPS) is 23.3. The van der Waals surface area contributed by atoms with Crippen molar-refractivity contribution in [1.82, 2.24) is 20.0 Å². The average Bonchev–Trinajstić information content (AvgIpc) is 3.32. The Labute approximate surface area is 218 Å². The van der Waals surface area contributed by atoms with E-state index in [0.717, 1.165) is 38.6 Å². The van der Waals surface area contributed by atoms with Crippen LogP contribution in [0.15, 0.2) is 11.6 Å². The van der Waals surface area contributed by atoms with Gasteiger partial charge < -0.3 is 20.2 Å². The minimum absolute atomic E-state index is 0.0317. The molecule has 2 aliphatic heterocycles. The Morgan fingerprint density at radius 3 is 2.22 bits per heavy atom. The van der Waals surface area contributed by atoms with Gasteiger partial charge in [0.05, 0.1) is 24.7 Å². The molecule has 8 heteroatoms. The lowest BCUT2D eigenvalue weighted by Crippen LogP contribution is -2.58. The topological polar surface area (TPSA) is 93.2 Å². The summed E-state index contributed by atoms with van der Waals surface area (Å²) in [6.07, 6.45) is 6.49. The molecular formula is C28H50N4O4. The summed E-state index contributed by atoms with van der Waals surface area (Å²) < 4.78 is 0. The van der Waals surface area contributed by atoms with Gasteiger partial charge >= 0.3 is 0 Å². The van der Waals surface area contributed by atoms with Gasteiger partial charge in [0.2, 0.25) is 17.7 Å². The standard InChI is InChI=1S/C28H50N4O4/c1-18(2)24(16-21(7)27(35)32-15-11-12-22(32)17-33)30(8)28(36)25(19(3)4)29-26(34)23-13-9-10-14-31(23)20(5)6/h16,18-20,22-25,33H,9-15,17H2,1-8H3,(H,29,34)/b21-16+/t22-,23?,24+,25?/m0/s1. The summed E-state index contributed by atoms with van der Waals surface area (Å²) in [6, 6.07) is -1.01. The van der Waals surface area contributed by atoms with Crippen LogP contribution in [0.25, 0.3) is 0 Å². The molecule has 0 aromatic carbocycles. The highest BCUT2D eigenvalue weighted by Crippen LogP contribution is 2.23. The van der Waals surface area contributed by atoms with E-state index in [1.807, 2.05) is 33.8 Å². The molecule has 36 heavy (non-hydrogen) atoms. The van der Waals surface area contributed by atoms with Crippen LogP contribution in [0.2, 0.25) is 0 Å². The Morgan fingerprint density at radius 2 is 1.67 bits per heavy atom. The summed E-state index contributed by atoms with van der Waals surface area (Å²) >= 11 is 0. The summed E-state index contributed by atoms with van der Waals surface area (Å²) in [7, 11) is 1.76. The van der Waals surface area contributed by atoms with E-state index in [2.05, 4.69) is 24.1 Å². The number of likely N-dealkylation sites (N-methyl/N-ethyl adjacent to an activating group) is 1. The zero-order valence-corrected chi connectivity index (χ0v) is 23.8. The first-order valence-electron chi connectivity index (χ1n) is 13.8. The van der Waals surface area contributed by atoms with Crippen molar-refractivity contribution >= 4 is 17.7 Å². The summed E-state index contributed by atoms with van der Waals surface area (Å²) in [5.41, 5.74) is 0.577. The van der Waals surface area contributed by atoms with E-state index >= 15 is 0 Å². The van der Waals surface area contributed by atoms with Crippen molar-refractivity contribution in [1.29, 1.82) is 0 Å². The van der Waals surface area contributed by atoms with Crippen LogP contribution >= 0.6 is 0 Å². The number of hydrogen-bond donors (Lipinski definition) is 2. The molecular weight excluding hydrogens is 456 g/mol. The van der Waals surface area contributed by atoms with E-state index in [1.54, 1.807) is 23.8 Å². The molecule has 2 fully saturated rings. The van der Waals surface area contributed by atoms with Gasteiger partial charge in [-0.15, -0.1) is 0 Å². The lowest BCUT2D eigenvalue weighted by Gasteiger charge is -2.39. The third-order valence-corrected chi connectivity index (χ3v) is 7.83. The smallest absolute Gasteiger partial charge is 0.249 e. The summed E-state index contributed by atoms with van der Waals surface area (Å²) in [5.74, 6) is -0.301. The number of likely N-dealkylation sites (tertiary alicyclic amines) is 2. The zero-order valence-electron chi connectivity index (χ0n) is 23.8. The van der Waals surface area contributed by atoms with Crippen LogP contribution < -0.4 is 5.32 Å². The maximum atomic E-state index is 13.7. The predicted molar refractivity (Wildman–Crippen MR) is 143 cm³/mol. The van der Waals surface area contributed by atoms with Crippen LogP contribution in [-0.2, 0) is 14.4 Å². The Kier molecular flexibility index (Phi) is 11.4. The fourth-order valence-electron chi connectivity index (χ4n) is 5.58. The van der Waals surface area contributed by atoms with Crippen LogP contribution in [0.1, 0.15) is 80.6 Å². The molecule has 2 heterocycles. The molecule has 0 saturated carbocycles. The van der Waals surface area contributed by atoms with E-state index < -0.39 is 6.04 Å². The Morgan fingerprint density at radius 1 is 1.00 bits per heavy atom. The van der Waals surface area contributed by atoms with Crippen LogP contribution in [0, 0.1) is 11.8 Å². The highest BCUT2D eigenvalue weighted by Gasteiger charge is 2.36. The molecule has 0 aromatic rings. The average molecular weight is 507 g/mol. The fraction of sp³-hybridized carbons (Fsp3) is 0.821. The SMILES string of the molecule is C/C(=C\[C@H](C(C)C)N(C)C(=O)C(NC(=O)C1CCCCN1C(C)C)C(C)C)C(=O)N1CCC[C@H]1CO. The molecule has 3 amide bonds. The van der Waals surface area contributed by atoms with Crippen molar-refractivity contribution in [2.45, 2.75) is 111 Å². The van der Waals surface area contributed by atoms with Crippen LogP contribution in [0.3, 0.4) is 0 Å². The first-order valence-corrected chi connectivity index (χ1v) is 13.8. The van der Waals surface area contributed by atoms with Gasteiger partial charge in [0.25, 0.3) is 0 Å². The number of rotatable bonds is 10. The highest BCUT2D eigenvalue weighted by atomic mass is 16.3. The Hall–Kier alpha value is -1.93. The Bertz CT molecular complexity index is 794. The molecule has 0 radical (unpaired) electrons. The fourth-order valence-corrected chi connectivity index (χ4v) is 5.58. The number of aliphatic hydroxyl groups is 1. The van der Waals surface area contributed by atoms with E-state index in [4.69, 9.17) is 0 Å². The van der Waals surface area contributed by atoms with Gasteiger partial charge in [0.15, 0.2) is 0 Å². The number of piperidine rings is 1. The summed E-state index contributed by atoms with van der Waals surface area (Å²) in [6.45, 7) is 15.5. The van der Waals surface area contributed by atoms with Crippen LogP contribution in [0.4, 0.5) is 0 Å². The van der Waals surface area contributed by atoms with Gasteiger partial charge in [0.1, 0.15) is 6.04 Å². The Balaban J connectivity index is 2.19. The van der Waals surface area contributed by atoms with E-state index in [1.165, 1.54) is 0 Å². The number of nitrogens with one attached hydrogen (secondary N) is 1. The van der Waals surface area contributed by atoms with Gasteiger partial charge in [0, 0.05) is 25.2 Å². The van der Waals surface area contributed by atoms with Crippen molar-refractivity contribution < 1.29 is 19.5 Å².